The van der Waals surface area contributed by atoms with Gasteiger partial charge in [0.1, 0.15) is 12.4 Å². The van der Waals surface area contributed by atoms with Gasteiger partial charge in [-0.3, -0.25) is 9.78 Å². The van der Waals surface area contributed by atoms with Crippen molar-refractivity contribution in [3.63, 3.8) is 0 Å². The first-order chi connectivity index (χ1) is 15.4. The number of hydrogen-bond acceptors (Lipinski definition) is 4. The first kappa shape index (κ1) is 22.0. The Bertz CT molecular complexity index is 1150. The van der Waals surface area contributed by atoms with Gasteiger partial charge in [-0.15, -0.1) is 0 Å². The minimum atomic E-state index is -0.345. The third kappa shape index (κ3) is 4.10. The highest BCUT2D eigenvalue weighted by Gasteiger charge is 2.42. The molecular weight excluding hydrogens is 427 g/mol. The third-order valence-corrected chi connectivity index (χ3v) is 6.01. The van der Waals surface area contributed by atoms with Gasteiger partial charge in [-0.05, 0) is 75.0 Å². The zero-order chi connectivity index (χ0) is 22.8. The maximum Gasteiger partial charge on any atom is 0.325 e. The van der Waals surface area contributed by atoms with Crippen LogP contribution in [0.3, 0.4) is 0 Å². The van der Waals surface area contributed by atoms with Crippen LogP contribution in [0.15, 0.2) is 54.7 Å². The number of carbonyl (C=O) groups excluding carboxylic acids is 1. The van der Waals surface area contributed by atoms with Gasteiger partial charge in [-0.25, -0.2) is 4.39 Å². The number of halogens is 1. The van der Waals surface area contributed by atoms with Gasteiger partial charge in [0.2, 0.25) is 0 Å². The minimum absolute atomic E-state index is 0.0251. The first-order valence-electron chi connectivity index (χ1n) is 10.5. The van der Waals surface area contributed by atoms with Gasteiger partial charge >= 0.3 is 5.97 Å². The fraction of sp³-hybridized carbons (Fsp3) is 0.292. The average molecular weight is 453 g/mol. The summed E-state index contributed by atoms with van der Waals surface area (Å²) < 4.78 is 21.1. The predicted octanol–water partition coefficient (Wildman–Crippen LogP) is 4.16. The molecule has 0 aliphatic carbocycles. The summed E-state index contributed by atoms with van der Waals surface area (Å²) in [6.07, 6.45) is 1.74. The summed E-state index contributed by atoms with van der Waals surface area (Å²) in [6.45, 7) is 6.08. The maximum atomic E-state index is 13.9. The molecule has 1 fully saturated rings. The number of aryl methyl sites for hydroxylation is 1. The van der Waals surface area contributed by atoms with Crippen LogP contribution in [-0.2, 0) is 9.53 Å². The van der Waals surface area contributed by atoms with Crippen LogP contribution in [0.1, 0.15) is 41.7 Å². The van der Waals surface area contributed by atoms with Crippen molar-refractivity contribution in [1.82, 2.24) is 19.8 Å². The highest BCUT2D eigenvalue weighted by Crippen LogP contribution is 2.41. The zero-order valence-electron chi connectivity index (χ0n) is 18.2. The van der Waals surface area contributed by atoms with Gasteiger partial charge in [0.05, 0.1) is 24.4 Å². The van der Waals surface area contributed by atoms with Gasteiger partial charge in [0, 0.05) is 23.3 Å². The molecule has 0 spiro atoms. The molecule has 1 N–H and O–H groups in total. The highest BCUT2D eigenvalue weighted by atomic mass is 32.1. The van der Waals surface area contributed by atoms with Crippen LogP contribution in [-0.4, -0.2) is 38.7 Å². The van der Waals surface area contributed by atoms with Crippen molar-refractivity contribution in [2.45, 2.75) is 32.9 Å². The van der Waals surface area contributed by atoms with E-state index in [0.29, 0.717) is 11.7 Å². The summed E-state index contributed by atoms with van der Waals surface area (Å²) in [6, 6.07) is 13.8. The predicted molar refractivity (Wildman–Crippen MR) is 124 cm³/mol. The number of carbonyl (C=O) groups is 1. The van der Waals surface area contributed by atoms with Crippen molar-refractivity contribution in [3.05, 3.63) is 83.2 Å². The maximum absolute atomic E-state index is 13.9. The Morgan fingerprint density at radius 1 is 1.22 bits per heavy atom. The molecule has 0 radical (unpaired) electrons. The number of rotatable bonds is 6. The molecule has 32 heavy (non-hydrogen) atoms. The number of hydrogen-bond donors (Lipinski definition) is 1. The summed E-state index contributed by atoms with van der Waals surface area (Å²) in [5, 5.41) is 3.81. The van der Waals surface area contributed by atoms with Crippen LogP contribution >= 0.6 is 12.2 Å². The molecule has 0 amide bonds. The van der Waals surface area contributed by atoms with Crippen molar-refractivity contribution >= 4 is 23.3 Å². The van der Waals surface area contributed by atoms with Gasteiger partial charge in [0.15, 0.2) is 5.11 Å². The minimum Gasteiger partial charge on any atom is -0.465 e. The van der Waals surface area contributed by atoms with Crippen molar-refractivity contribution in [2.24, 2.45) is 0 Å². The third-order valence-electron chi connectivity index (χ3n) is 5.66. The lowest BCUT2D eigenvalue weighted by molar-refractivity contribution is -0.143. The van der Waals surface area contributed by atoms with Gasteiger partial charge < -0.3 is 19.5 Å². The number of aromatic nitrogens is 2. The van der Waals surface area contributed by atoms with E-state index in [4.69, 9.17) is 17.0 Å². The Hall–Kier alpha value is -3.26. The van der Waals surface area contributed by atoms with E-state index >= 15 is 0 Å². The number of nitrogens with zero attached hydrogens (tertiary/aromatic N) is 3. The summed E-state index contributed by atoms with van der Waals surface area (Å²) in [5.74, 6) is -0.641. The van der Waals surface area contributed by atoms with Crippen molar-refractivity contribution in [2.75, 3.05) is 13.2 Å². The first-order valence-corrected chi connectivity index (χ1v) is 10.9. The van der Waals surface area contributed by atoms with Crippen LogP contribution < -0.4 is 5.32 Å². The van der Waals surface area contributed by atoms with E-state index in [1.165, 1.54) is 12.1 Å². The number of pyridine rings is 1. The van der Waals surface area contributed by atoms with E-state index in [-0.39, 0.29) is 30.4 Å². The molecular formula is C24H25FN4O2S. The molecule has 3 heterocycles. The molecule has 3 aromatic rings. The van der Waals surface area contributed by atoms with Gasteiger partial charge in [0.25, 0.3) is 0 Å². The molecule has 1 saturated heterocycles. The van der Waals surface area contributed by atoms with E-state index in [2.05, 4.69) is 16.4 Å². The summed E-state index contributed by atoms with van der Waals surface area (Å²) in [7, 11) is 0. The molecule has 166 valence electrons. The monoisotopic (exact) mass is 452 g/mol. The second-order valence-corrected chi connectivity index (χ2v) is 8.09. The normalized spacial score (nSPS) is 18.0. The molecule has 1 aliphatic rings. The fourth-order valence-corrected chi connectivity index (χ4v) is 4.66. The van der Waals surface area contributed by atoms with Crippen LogP contribution in [0.5, 0.6) is 0 Å². The van der Waals surface area contributed by atoms with Crippen LogP contribution in [0.25, 0.3) is 5.69 Å². The van der Waals surface area contributed by atoms with E-state index in [0.717, 1.165) is 28.3 Å². The summed E-state index contributed by atoms with van der Waals surface area (Å²) >= 11 is 5.61. The van der Waals surface area contributed by atoms with E-state index in [9.17, 15) is 9.18 Å². The van der Waals surface area contributed by atoms with Gasteiger partial charge in [-0.1, -0.05) is 12.1 Å². The highest BCUT2D eigenvalue weighted by molar-refractivity contribution is 7.80. The second kappa shape index (κ2) is 9.08. The lowest BCUT2D eigenvalue weighted by Gasteiger charge is -2.27. The Balaban J connectivity index is 1.81. The smallest absolute Gasteiger partial charge is 0.325 e. The molecule has 2 atom stereocenters. The number of thiocarbonyl (C=S) groups is 1. The molecule has 8 heteroatoms. The van der Waals surface area contributed by atoms with Crippen LogP contribution in [0.4, 0.5) is 4.39 Å². The number of benzene rings is 1. The Kier molecular flexibility index (Phi) is 6.23. The number of esters is 1. The number of nitrogens with one attached hydrogen (secondary N) is 1. The van der Waals surface area contributed by atoms with E-state index in [1.807, 2.05) is 47.6 Å². The molecule has 0 unspecified atom stereocenters. The van der Waals surface area contributed by atoms with E-state index < -0.39 is 0 Å². The Morgan fingerprint density at radius 3 is 2.72 bits per heavy atom. The molecule has 4 rings (SSSR count). The molecule has 6 nitrogen and oxygen atoms in total. The Labute approximate surface area is 192 Å². The second-order valence-electron chi connectivity index (χ2n) is 7.70. The molecule has 1 aliphatic heterocycles. The lowest BCUT2D eigenvalue weighted by Crippen LogP contribution is -2.35. The average Bonchev–Trinajstić information content (AvgIpc) is 3.24. The van der Waals surface area contributed by atoms with Gasteiger partial charge in [-0.2, -0.15) is 0 Å². The topological polar surface area (TPSA) is 59.4 Å². The quantitative estimate of drug-likeness (QED) is 0.448. The molecule has 2 aromatic heterocycles. The standard InChI is InChI=1S/C24H25FN4O2S/c1-4-31-21(30)14-28-23(22(27-24(28)32)20-10-5-6-11-26-20)19-12-15(2)29(16(19)3)18-9-7-8-17(25)13-18/h5-13,22-23H,4,14H2,1-3H3,(H,27,32)/t22-,23-/m1/s1. The van der Waals surface area contributed by atoms with Crippen LogP contribution in [0, 0.1) is 19.7 Å². The van der Waals surface area contributed by atoms with Crippen LogP contribution in [0.2, 0.25) is 0 Å². The summed E-state index contributed by atoms with van der Waals surface area (Å²) in [4.78, 5) is 18.7. The summed E-state index contributed by atoms with van der Waals surface area (Å²) in [5.41, 5.74) is 4.45. The Morgan fingerprint density at radius 2 is 2.03 bits per heavy atom. The molecule has 1 aromatic carbocycles. The lowest BCUT2D eigenvalue weighted by atomic mass is 9.97. The zero-order valence-corrected chi connectivity index (χ0v) is 19.0. The van der Waals surface area contributed by atoms with Crippen molar-refractivity contribution in [1.29, 1.82) is 0 Å². The largest absolute Gasteiger partial charge is 0.465 e. The molecule has 0 bridgehead atoms. The number of ether oxygens (including phenoxy) is 1. The SMILES string of the molecule is CCOC(=O)CN1C(=S)N[C@H](c2ccccn2)[C@H]1c1cc(C)n(-c2cccc(F)c2)c1C. The molecule has 0 saturated carbocycles. The fourth-order valence-electron chi connectivity index (χ4n) is 4.36. The van der Waals surface area contributed by atoms with Crippen molar-refractivity contribution < 1.29 is 13.9 Å². The van der Waals surface area contributed by atoms with E-state index in [1.54, 1.807) is 19.2 Å². The van der Waals surface area contributed by atoms with Crippen molar-refractivity contribution in [3.8, 4) is 5.69 Å².